The van der Waals surface area contributed by atoms with E-state index < -0.39 is 20.8 Å². The van der Waals surface area contributed by atoms with Crippen LogP contribution in [-0.2, 0) is 10.1 Å². The first-order chi connectivity index (χ1) is 15.3. The van der Waals surface area contributed by atoms with Gasteiger partial charge in [0.15, 0.2) is 5.78 Å². The number of ketones is 1. The third-order valence-corrected chi connectivity index (χ3v) is 5.37. The summed E-state index contributed by atoms with van der Waals surface area (Å²) in [6.45, 7) is 0. The van der Waals surface area contributed by atoms with E-state index in [4.69, 9.17) is 10.3 Å². The summed E-state index contributed by atoms with van der Waals surface area (Å²) < 4.78 is 44.0. The molecule has 0 atom stereocenters. The number of rotatable bonds is 4. The third kappa shape index (κ3) is 5.87. The molecule has 0 aromatic heterocycles. The molecule has 0 bridgehead atoms. The van der Waals surface area contributed by atoms with Crippen molar-refractivity contribution in [3.63, 3.8) is 0 Å². The van der Waals surface area contributed by atoms with E-state index in [0.717, 1.165) is 17.7 Å². The molecule has 0 saturated carbocycles. The second kappa shape index (κ2) is 10.00. The van der Waals surface area contributed by atoms with E-state index in [1.807, 2.05) is 24.3 Å². The highest BCUT2D eigenvalue weighted by molar-refractivity contribution is 7.85. The van der Waals surface area contributed by atoms with Crippen LogP contribution in [0.25, 0.3) is 11.1 Å². The van der Waals surface area contributed by atoms with Crippen molar-refractivity contribution in [2.24, 2.45) is 0 Å². The fourth-order valence-corrected chi connectivity index (χ4v) is 3.54. The fraction of sp³-hybridized carbons (Fsp3) is 0. The van der Waals surface area contributed by atoms with Gasteiger partial charge in [-0.3, -0.25) is 9.35 Å². The van der Waals surface area contributed by atoms with E-state index >= 15 is 0 Å². The van der Waals surface area contributed by atoms with Crippen molar-refractivity contribution < 1.29 is 22.2 Å². The number of nitrogens with two attached hydrogens (primary N) is 1. The Morgan fingerprint density at radius 1 is 0.719 bits per heavy atom. The Morgan fingerprint density at radius 2 is 1.31 bits per heavy atom. The summed E-state index contributed by atoms with van der Waals surface area (Å²) in [6.07, 6.45) is 0. The summed E-state index contributed by atoms with van der Waals surface area (Å²) in [5, 5.41) is 0. The molecule has 0 radical (unpaired) electrons. The minimum atomic E-state index is -4.54. The van der Waals surface area contributed by atoms with Crippen LogP contribution in [0.4, 0.5) is 10.1 Å². The standard InChI is InChI=1S/C13H11NO.C12H9FO3S/c14-12-8-4-7-11(9-12)13(15)10-5-2-1-3-6-10;13-11-7-6-10(8-12(11)17(14,15)16)9-4-2-1-3-5-9/h1-9H,14H2;1-8H,(H,14,15,16). The van der Waals surface area contributed by atoms with E-state index in [2.05, 4.69) is 0 Å². The Balaban J connectivity index is 0.000000182. The van der Waals surface area contributed by atoms with Crippen molar-refractivity contribution in [1.29, 1.82) is 0 Å². The van der Waals surface area contributed by atoms with E-state index in [1.54, 1.807) is 60.7 Å². The molecule has 0 aliphatic carbocycles. The second-order valence-corrected chi connectivity index (χ2v) is 8.20. The highest BCUT2D eigenvalue weighted by Gasteiger charge is 2.16. The van der Waals surface area contributed by atoms with E-state index in [9.17, 15) is 17.6 Å². The molecule has 0 heterocycles. The van der Waals surface area contributed by atoms with Gasteiger partial charge in [-0.05, 0) is 35.4 Å². The average Bonchev–Trinajstić information content (AvgIpc) is 2.80. The van der Waals surface area contributed by atoms with Gasteiger partial charge in [0.25, 0.3) is 10.1 Å². The number of hydrogen-bond acceptors (Lipinski definition) is 4. The Morgan fingerprint density at radius 3 is 1.91 bits per heavy atom. The first kappa shape index (κ1) is 22.9. The van der Waals surface area contributed by atoms with E-state index in [-0.39, 0.29) is 5.78 Å². The first-order valence-electron chi connectivity index (χ1n) is 9.53. The summed E-state index contributed by atoms with van der Waals surface area (Å²) in [4.78, 5) is 11.2. The molecule has 5 nitrogen and oxygen atoms in total. The lowest BCUT2D eigenvalue weighted by molar-refractivity contribution is 0.103. The van der Waals surface area contributed by atoms with Crippen LogP contribution in [0.2, 0.25) is 0 Å². The quantitative estimate of drug-likeness (QED) is 0.252. The number of benzene rings is 4. The van der Waals surface area contributed by atoms with Crippen LogP contribution in [0, 0.1) is 5.82 Å². The van der Waals surface area contributed by atoms with Crippen molar-refractivity contribution in [2.75, 3.05) is 5.73 Å². The maximum atomic E-state index is 13.2. The van der Waals surface area contributed by atoms with Crippen molar-refractivity contribution in [2.45, 2.75) is 4.90 Å². The number of hydrogen-bond donors (Lipinski definition) is 2. The molecular formula is C25H20FNO4S. The number of nitrogen functional groups attached to an aromatic ring is 1. The highest BCUT2D eigenvalue weighted by atomic mass is 32.2. The lowest BCUT2D eigenvalue weighted by Gasteiger charge is -2.04. The summed E-state index contributed by atoms with van der Waals surface area (Å²) >= 11 is 0. The third-order valence-electron chi connectivity index (χ3n) is 4.50. The van der Waals surface area contributed by atoms with Crippen LogP contribution in [0.1, 0.15) is 15.9 Å². The van der Waals surface area contributed by atoms with Crippen LogP contribution >= 0.6 is 0 Å². The fourth-order valence-electron chi connectivity index (χ4n) is 2.95. The molecule has 0 aliphatic heterocycles. The molecule has 0 unspecified atom stereocenters. The molecule has 4 rings (SSSR count). The Labute approximate surface area is 185 Å². The molecule has 0 fully saturated rings. The van der Waals surface area contributed by atoms with Crippen molar-refractivity contribution in [1.82, 2.24) is 0 Å². The Bertz CT molecular complexity index is 1320. The molecule has 0 aliphatic rings. The molecule has 0 amide bonds. The zero-order chi connectivity index (χ0) is 23.1. The van der Waals surface area contributed by atoms with Gasteiger partial charge in [-0.25, -0.2) is 4.39 Å². The van der Waals surface area contributed by atoms with Gasteiger partial charge < -0.3 is 5.73 Å². The topological polar surface area (TPSA) is 97.5 Å². The number of halogens is 1. The monoisotopic (exact) mass is 449 g/mol. The number of carbonyl (C=O) groups is 1. The van der Waals surface area contributed by atoms with Crippen LogP contribution in [-0.4, -0.2) is 18.8 Å². The summed E-state index contributed by atoms with van der Waals surface area (Å²) in [6, 6.07) is 28.7. The first-order valence-corrected chi connectivity index (χ1v) is 11.0. The molecular weight excluding hydrogens is 429 g/mol. The van der Waals surface area contributed by atoms with Gasteiger partial charge in [-0.15, -0.1) is 0 Å². The van der Waals surface area contributed by atoms with Crippen LogP contribution < -0.4 is 5.73 Å². The molecule has 4 aromatic rings. The maximum Gasteiger partial charge on any atom is 0.297 e. The summed E-state index contributed by atoms with van der Waals surface area (Å²) in [5.74, 6) is -0.963. The molecule has 0 saturated heterocycles. The highest BCUT2D eigenvalue weighted by Crippen LogP contribution is 2.24. The van der Waals surface area contributed by atoms with Gasteiger partial charge in [0.1, 0.15) is 10.7 Å². The SMILES string of the molecule is Nc1cccc(C(=O)c2ccccc2)c1.O=S(=O)(O)c1cc(-c2ccccc2)ccc1F. The van der Waals surface area contributed by atoms with Crippen molar-refractivity contribution in [3.8, 4) is 11.1 Å². The number of carbonyl (C=O) groups excluding carboxylic acids is 1. The molecule has 162 valence electrons. The van der Waals surface area contributed by atoms with Gasteiger partial charge in [-0.1, -0.05) is 78.9 Å². The largest absolute Gasteiger partial charge is 0.399 e. The van der Waals surface area contributed by atoms with Gasteiger partial charge in [-0.2, -0.15) is 8.42 Å². The van der Waals surface area contributed by atoms with E-state index in [0.29, 0.717) is 22.4 Å². The molecule has 4 aromatic carbocycles. The Hall–Kier alpha value is -3.81. The minimum Gasteiger partial charge on any atom is -0.399 e. The molecule has 0 spiro atoms. The van der Waals surface area contributed by atoms with E-state index in [1.165, 1.54) is 6.07 Å². The molecule has 3 N–H and O–H groups in total. The summed E-state index contributed by atoms with van der Waals surface area (Å²) in [7, 11) is -4.54. The Kier molecular flexibility index (Phi) is 7.14. The predicted octanol–water partition coefficient (Wildman–Crippen LogP) is 5.24. The second-order valence-electron chi connectivity index (χ2n) is 6.81. The smallest absolute Gasteiger partial charge is 0.297 e. The van der Waals surface area contributed by atoms with Crippen LogP contribution in [0.5, 0.6) is 0 Å². The zero-order valence-corrected chi connectivity index (χ0v) is 17.7. The maximum absolute atomic E-state index is 13.2. The van der Waals surface area contributed by atoms with Gasteiger partial charge in [0.2, 0.25) is 0 Å². The molecule has 32 heavy (non-hydrogen) atoms. The van der Waals surface area contributed by atoms with Crippen LogP contribution in [0.15, 0.2) is 108 Å². The van der Waals surface area contributed by atoms with Crippen molar-refractivity contribution in [3.05, 3.63) is 120 Å². The number of anilines is 1. The lowest BCUT2D eigenvalue weighted by Crippen LogP contribution is -2.01. The van der Waals surface area contributed by atoms with Gasteiger partial charge in [0, 0.05) is 16.8 Å². The zero-order valence-electron chi connectivity index (χ0n) is 16.9. The van der Waals surface area contributed by atoms with Gasteiger partial charge >= 0.3 is 0 Å². The molecule has 7 heteroatoms. The average molecular weight is 450 g/mol. The normalized spacial score (nSPS) is 10.7. The predicted molar refractivity (Wildman–Crippen MR) is 122 cm³/mol. The lowest BCUT2D eigenvalue weighted by atomic mass is 10.0. The van der Waals surface area contributed by atoms with Crippen LogP contribution in [0.3, 0.4) is 0 Å². The van der Waals surface area contributed by atoms with Gasteiger partial charge in [0.05, 0.1) is 0 Å². The summed E-state index contributed by atoms with van der Waals surface area (Å²) in [5.41, 5.74) is 8.81. The minimum absolute atomic E-state index is 0.00269. The van der Waals surface area contributed by atoms with Crippen molar-refractivity contribution >= 4 is 21.6 Å².